The maximum Gasteiger partial charge on any atom is 0.291 e. The molecule has 0 bridgehead atoms. The summed E-state index contributed by atoms with van der Waals surface area (Å²) in [5.41, 5.74) is 3.24. The Labute approximate surface area is 199 Å². The summed E-state index contributed by atoms with van der Waals surface area (Å²) in [5.74, 6) is 1.61. The van der Waals surface area contributed by atoms with E-state index in [1.807, 2.05) is 42.5 Å². The Morgan fingerprint density at radius 1 is 1.15 bits per heavy atom. The van der Waals surface area contributed by atoms with Crippen molar-refractivity contribution in [2.45, 2.75) is 52.6 Å². The Kier molecular flexibility index (Phi) is 7.47. The van der Waals surface area contributed by atoms with Crippen molar-refractivity contribution in [3.63, 3.8) is 0 Å². The van der Waals surface area contributed by atoms with Gasteiger partial charge in [-0.05, 0) is 38.9 Å². The summed E-state index contributed by atoms with van der Waals surface area (Å²) in [7, 11) is 2.09. The highest BCUT2D eigenvalue weighted by atomic mass is 16.3. The monoisotopic (exact) mass is 463 g/mol. The molecule has 0 unspecified atom stereocenters. The van der Waals surface area contributed by atoms with Crippen LogP contribution in [0.4, 0.5) is 0 Å². The van der Waals surface area contributed by atoms with Crippen molar-refractivity contribution in [2.24, 2.45) is 0 Å². The van der Waals surface area contributed by atoms with Gasteiger partial charge in [-0.3, -0.25) is 14.0 Å². The van der Waals surface area contributed by atoms with Gasteiger partial charge in [0.1, 0.15) is 17.1 Å². The molecular weight excluding hydrogens is 430 g/mol. The van der Waals surface area contributed by atoms with E-state index in [0.29, 0.717) is 43.5 Å². The minimum atomic E-state index is -0.164. The highest BCUT2D eigenvalue weighted by Crippen LogP contribution is 2.23. The van der Waals surface area contributed by atoms with E-state index >= 15 is 0 Å². The van der Waals surface area contributed by atoms with Crippen LogP contribution in [-0.2, 0) is 24.3 Å². The van der Waals surface area contributed by atoms with E-state index < -0.39 is 0 Å². The molecule has 0 aliphatic rings. The molecule has 0 aliphatic carbocycles. The second-order valence-electron chi connectivity index (χ2n) is 8.80. The van der Waals surface area contributed by atoms with E-state index in [4.69, 9.17) is 4.42 Å². The number of hydrogen-bond acceptors (Lipinski definition) is 5. The summed E-state index contributed by atoms with van der Waals surface area (Å²) in [4.78, 5) is 27.5. The highest BCUT2D eigenvalue weighted by Gasteiger charge is 2.16. The Hall–Kier alpha value is -3.39. The molecule has 3 aromatic heterocycles. The number of aromatic nitrogens is 3. The van der Waals surface area contributed by atoms with Crippen molar-refractivity contribution in [3.8, 4) is 0 Å². The molecule has 0 spiro atoms. The lowest BCUT2D eigenvalue weighted by atomic mass is 10.2. The van der Waals surface area contributed by atoms with Crippen LogP contribution < -0.4 is 10.9 Å². The Morgan fingerprint density at radius 3 is 2.71 bits per heavy atom. The van der Waals surface area contributed by atoms with E-state index in [1.165, 1.54) is 10.2 Å². The highest BCUT2D eigenvalue weighted by molar-refractivity contribution is 5.83. The molecule has 1 aromatic carbocycles. The smallest absolute Gasteiger partial charge is 0.291 e. The molecule has 34 heavy (non-hydrogen) atoms. The van der Waals surface area contributed by atoms with Crippen LogP contribution in [0.15, 0.2) is 51.7 Å². The van der Waals surface area contributed by atoms with Crippen molar-refractivity contribution in [2.75, 3.05) is 20.1 Å². The summed E-state index contributed by atoms with van der Waals surface area (Å²) in [6, 6.07) is 14.1. The standard InChI is InChI=1S/C26H33N5O3/c1-4-24-28-30(26(33)22-17-23-21(31(22)24)16-19(2)34-23)15-8-12-25(32)27-13-9-14-29(3)18-20-10-6-5-7-11-20/h5-7,10-11,16-17H,4,8-9,12-15,18H2,1-3H3,(H,27,32). The average molecular weight is 464 g/mol. The van der Waals surface area contributed by atoms with Gasteiger partial charge in [-0.2, -0.15) is 5.10 Å². The molecule has 0 radical (unpaired) electrons. The lowest BCUT2D eigenvalue weighted by Crippen LogP contribution is -2.29. The van der Waals surface area contributed by atoms with Crippen LogP contribution in [0, 0.1) is 6.92 Å². The fraction of sp³-hybridized carbons (Fsp3) is 0.423. The van der Waals surface area contributed by atoms with Crippen molar-refractivity contribution in [1.29, 1.82) is 0 Å². The fourth-order valence-electron chi connectivity index (χ4n) is 4.32. The predicted octanol–water partition coefficient (Wildman–Crippen LogP) is 3.53. The van der Waals surface area contributed by atoms with E-state index in [1.54, 1.807) is 6.07 Å². The van der Waals surface area contributed by atoms with Crippen molar-refractivity contribution in [1.82, 2.24) is 24.4 Å². The van der Waals surface area contributed by atoms with Gasteiger partial charge in [-0.15, -0.1) is 0 Å². The summed E-state index contributed by atoms with van der Waals surface area (Å²) in [6.45, 7) is 6.76. The van der Waals surface area contributed by atoms with Crippen molar-refractivity contribution >= 4 is 22.5 Å². The zero-order valence-corrected chi connectivity index (χ0v) is 20.2. The molecule has 0 fully saturated rings. The summed E-state index contributed by atoms with van der Waals surface area (Å²) in [6.07, 6.45) is 2.50. The quantitative estimate of drug-likeness (QED) is 0.344. The van der Waals surface area contributed by atoms with E-state index in [-0.39, 0.29) is 11.5 Å². The number of nitrogens with zero attached hydrogens (tertiary/aromatic N) is 4. The third-order valence-corrected chi connectivity index (χ3v) is 5.98. The number of aryl methyl sites for hydroxylation is 3. The Balaban J connectivity index is 1.25. The zero-order valence-electron chi connectivity index (χ0n) is 20.2. The van der Waals surface area contributed by atoms with Gasteiger partial charge in [0, 0.05) is 44.6 Å². The molecule has 180 valence electrons. The van der Waals surface area contributed by atoms with Crippen LogP contribution in [0.1, 0.15) is 43.3 Å². The van der Waals surface area contributed by atoms with E-state index in [0.717, 1.165) is 36.6 Å². The topological polar surface area (TPSA) is 84.8 Å². The molecular formula is C26H33N5O3. The molecule has 8 nitrogen and oxygen atoms in total. The number of amides is 1. The first kappa shape index (κ1) is 23.8. The van der Waals surface area contributed by atoms with Gasteiger partial charge in [0.2, 0.25) is 5.91 Å². The van der Waals surface area contributed by atoms with Gasteiger partial charge in [0.25, 0.3) is 5.56 Å². The van der Waals surface area contributed by atoms with Crippen LogP contribution in [0.25, 0.3) is 16.6 Å². The molecule has 1 N–H and O–H groups in total. The lowest BCUT2D eigenvalue weighted by Gasteiger charge is -2.16. The van der Waals surface area contributed by atoms with Crippen molar-refractivity contribution in [3.05, 3.63) is 70.0 Å². The second kappa shape index (κ2) is 10.7. The van der Waals surface area contributed by atoms with Gasteiger partial charge < -0.3 is 14.6 Å². The number of hydrogen-bond donors (Lipinski definition) is 1. The number of carbonyl (C=O) groups excluding carboxylic acids is 1. The van der Waals surface area contributed by atoms with Crippen LogP contribution >= 0.6 is 0 Å². The first-order chi connectivity index (χ1) is 16.5. The van der Waals surface area contributed by atoms with Gasteiger partial charge >= 0.3 is 0 Å². The molecule has 4 rings (SSSR count). The van der Waals surface area contributed by atoms with Gasteiger partial charge in [0.15, 0.2) is 5.58 Å². The third-order valence-electron chi connectivity index (χ3n) is 5.98. The number of benzene rings is 1. The summed E-state index contributed by atoms with van der Waals surface area (Å²) in [5, 5.41) is 7.55. The van der Waals surface area contributed by atoms with Gasteiger partial charge in [0.05, 0.1) is 5.52 Å². The molecule has 3 heterocycles. The molecule has 0 atom stereocenters. The van der Waals surface area contributed by atoms with Crippen molar-refractivity contribution < 1.29 is 9.21 Å². The maximum absolute atomic E-state index is 13.0. The number of fused-ring (bicyclic) bond motifs is 3. The van der Waals surface area contributed by atoms with Gasteiger partial charge in [-0.1, -0.05) is 37.3 Å². The van der Waals surface area contributed by atoms with Crippen LogP contribution in [0.2, 0.25) is 0 Å². The first-order valence-corrected chi connectivity index (χ1v) is 12.0. The van der Waals surface area contributed by atoms with Crippen LogP contribution in [-0.4, -0.2) is 45.1 Å². The number of furan rings is 1. The molecule has 1 amide bonds. The minimum absolute atomic E-state index is 0.00577. The second-order valence-corrected chi connectivity index (χ2v) is 8.80. The lowest BCUT2D eigenvalue weighted by molar-refractivity contribution is -0.121. The zero-order chi connectivity index (χ0) is 24.1. The maximum atomic E-state index is 13.0. The number of rotatable bonds is 11. The molecule has 0 saturated heterocycles. The fourth-order valence-corrected chi connectivity index (χ4v) is 4.32. The third kappa shape index (κ3) is 5.39. The van der Waals surface area contributed by atoms with Crippen LogP contribution in [0.5, 0.6) is 0 Å². The van der Waals surface area contributed by atoms with Gasteiger partial charge in [-0.25, -0.2) is 4.68 Å². The number of nitrogens with one attached hydrogen (secondary N) is 1. The van der Waals surface area contributed by atoms with Crippen LogP contribution in [0.3, 0.4) is 0 Å². The Bertz CT molecular complexity index is 1320. The summed E-state index contributed by atoms with van der Waals surface area (Å²) < 4.78 is 9.06. The largest absolute Gasteiger partial charge is 0.460 e. The SMILES string of the molecule is CCc1nn(CCCC(=O)NCCCN(C)Cc2ccccc2)c(=O)c2cc3oc(C)cc3n12. The predicted molar refractivity (Wildman–Crippen MR) is 133 cm³/mol. The molecule has 0 saturated carbocycles. The first-order valence-electron chi connectivity index (χ1n) is 12.0. The Morgan fingerprint density at radius 2 is 1.94 bits per heavy atom. The normalized spacial score (nSPS) is 11.6. The average Bonchev–Trinajstić information content (AvgIpc) is 3.35. The molecule has 0 aliphatic heterocycles. The molecule has 8 heteroatoms. The minimum Gasteiger partial charge on any atom is -0.460 e. The number of carbonyl (C=O) groups is 1. The molecule has 4 aromatic rings. The van der Waals surface area contributed by atoms with E-state index in [2.05, 4.69) is 34.5 Å². The summed E-state index contributed by atoms with van der Waals surface area (Å²) >= 11 is 0. The van der Waals surface area contributed by atoms with E-state index in [9.17, 15) is 9.59 Å².